The number of nitrogens with zero attached hydrogens (tertiary/aromatic N) is 2. The normalized spacial score (nSPS) is 11.5. The topological polar surface area (TPSA) is 113 Å². The minimum absolute atomic E-state index is 0.0174. The maximum absolute atomic E-state index is 12.0. The van der Waals surface area contributed by atoms with Gasteiger partial charge in [0.1, 0.15) is 17.1 Å². The van der Waals surface area contributed by atoms with Gasteiger partial charge in [-0.25, -0.2) is 14.6 Å². The number of carboxylic acid groups (broad SMARTS) is 2. The van der Waals surface area contributed by atoms with Gasteiger partial charge in [-0.3, -0.25) is 0 Å². The fourth-order valence-corrected chi connectivity index (χ4v) is 3.62. The molecule has 0 saturated heterocycles. The van der Waals surface area contributed by atoms with Crippen LogP contribution in [0.4, 0.5) is 0 Å². The SMILES string of the molecule is CCCc1nc(C(C)(C)O)c(C(=O)O)n1Cc1ccc(-c2ccccc2C(=O)O)cc1. The van der Waals surface area contributed by atoms with E-state index in [0.717, 1.165) is 17.5 Å². The Balaban J connectivity index is 2.01. The molecule has 0 atom stereocenters. The van der Waals surface area contributed by atoms with Crippen LogP contribution < -0.4 is 0 Å². The minimum atomic E-state index is -1.38. The van der Waals surface area contributed by atoms with Crippen molar-refractivity contribution in [2.75, 3.05) is 0 Å². The van der Waals surface area contributed by atoms with Crippen LogP contribution in [0.5, 0.6) is 0 Å². The third-order valence-electron chi connectivity index (χ3n) is 5.07. The number of hydrogen-bond donors (Lipinski definition) is 3. The molecule has 7 heteroatoms. The lowest BCUT2D eigenvalue weighted by Crippen LogP contribution is -2.22. The van der Waals surface area contributed by atoms with Crippen molar-refractivity contribution in [3.8, 4) is 11.1 Å². The Morgan fingerprint density at radius 1 is 1.00 bits per heavy atom. The van der Waals surface area contributed by atoms with Gasteiger partial charge in [-0.2, -0.15) is 0 Å². The number of hydrogen-bond acceptors (Lipinski definition) is 4. The van der Waals surface area contributed by atoms with Gasteiger partial charge in [0.2, 0.25) is 0 Å². The van der Waals surface area contributed by atoms with Gasteiger partial charge in [-0.05, 0) is 43.0 Å². The first-order chi connectivity index (χ1) is 14.6. The van der Waals surface area contributed by atoms with Crippen LogP contribution in [0.15, 0.2) is 48.5 Å². The molecule has 0 aliphatic heterocycles. The smallest absolute Gasteiger partial charge is 0.354 e. The van der Waals surface area contributed by atoms with Gasteiger partial charge in [0.25, 0.3) is 0 Å². The predicted octanol–water partition coefficient (Wildman–Crippen LogP) is 4.17. The molecule has 0 aliphatic rings. The molecule has 31 heavy (non-hydrogen) atoms. The maximum atomic E-state index is 12.0. The van der Waals surface area contributed by atoms with E-state index >= 15 is 0 Å². The summed E-state index contributed by atoms with van der Waals surface area (Å²) in [4.78, 5) is 28.0. The second-order valence-corrected chi connectivity index (χ2v) is 7.97. The molecule has 1 aromatic heterocycles. The van der Waals surface area contributed by atoms with Gasteiger partial charge >= 0.3 is 11.9 Å². The zero-order chi connectivity index (χ0) is 22.8. The lowest BCUT2D eigenvalue weighted by Gasteiger charge is -2.16. The summed E-state index contributed by atoms with van der Waals surface area (Å²) in [5.74, 6) is -1.52. The fraction of sp³-hybridized carbons (Fsp3) is 0.292. The van der Waals surface area contributed by atoms with Gasteiger partial charge in [0, 0.05) is 13.0 Å². The van der Waals surface area contributed by atoms with Gasteiger partial charge < -0.3 is 19.9 Å². The number of carboxylic acids is 2. The van der Waals surface area contributed by atoms with Crippen molar-refractivity contribution in [3.05, 3.63) is 76.9 Å². The Labute approximate surface area is 180 Å². The van der Waals surface area contributed by atoms with E-state index in [0.29, 0.717) is 17.8 Å². The monoisotopic (exact) mass is 422 g/mol. The van der Waals surface area contributed by atoms with Gasteiger partial charge in [0.05, 0.1) is 5.56 Å². The van der Waals surface area contributed by atoms with E-state index in [1.807, 2.05) is 31.2 Å². The van der Waals surface area contributed by atoms with Crippen LogP contribution in [0.25, 0.3) is 11.1 Å². The van der Waals surface area contributed by atoms with Crippen molar-refractivity contribution < 1.29 is 24.9 Å². The van der Waals surface area contributed by atoms with E-state index in [1.54, 1.807) is 28.8 Å². The van der Waals surface area contributed by atoms with Gasteiger partial charge in [-0.1, -0.05) is 49.4 Å². The van der Waals surface area contributed by atoms with Crippen molar-refractivity contribution in [1.29, 1.82) is 0 Å². The number of carbonyl (C=O) groups is 2. The molecule has 0 radical (unpaired) electrons. The highest BCUT2D eigenvalue weighted by molar-refractivity contribution is 5.96. The molecule has 0 saturated carbocycles. The Morgan fingerprint density at radius 2 is 1.65 bits per heavy atom. The molecule has 162 valence electrons. The maximum Gasteiger partial charge on any atom is 0.354 e. The summed E-state index contributed by atoms with van der Waals surface area (Å²) in [5, 5.41) is 29.7. The predicted molar refractivity (Wildman–Crippen MR) is 116 cm³/mol. The van der Waals surface area contributed by atoms with Crippen molar-refractivity contribution >= 4 is 11.9 Å². The lowest BCUT2D eigenvalue weighted by molar-refractivity contribution is 0.0602. The molecule has 2 aromatic carbocycles. The van der Waals surface area contributed by atoms with Crippen molar-refractivity contribution in [2.24, 2.45) is 0 Å². The highest BCUT2D eigenvalue weighted by Crippen LogP contribution is 2.27. The van der Waals surface area contributed by atoms with Gasteiger partial charge in [-0.15, -0.1) is 0 Å². The fourth-order valence-electron chi connectivity index (χ4n) is 3.62. The molecular weight excluding hydrogens is 396 g/mol. The minimum Gasteiger partial charge on any atom is -0.478 e. The highest BCUT2D eigenvalue weighted by atomic mass is 16.4. The van der Waals surface area contributed by atoms with Crippen LogP contribution in [0.2, 0.25) is 0 Å². The zero-order valence-electron chi connectivity index (χ0n) is 17.8. The van der Waals surface area contributed by atoms with E-state index in [1.165, 1.54) is 13.8 Å². The molecule has 1 heterocycles. The Bertz CT molecular complexity index is 1110. The average Bonchev–Trinajstić information content (AvgIpc) is 3.07. The number of rotatable bonds is 8. The molecule has 0 amide bonds. The number of aliphatic hydroxyl groups is 1. The number of imidazole rings is 1. The molecule has 0 bridgehead atoms. The number of aryl methyl sites for hydroxylation is 1. The van der Waals surface area contributed by atoms with Crippen LogP contribution in [0.3, 0.4) is 0 Å². The second kappa shape index (κ2) is 8.73. The van der Waals surface area contributed by atoms with Gasteiger partial charge in [0.15, 0.2) is 5.69 Å². The van der Waals surface area contributed by atoms with Crippen LogP contribution in [0.1, 0.15) is 65.1 Å². The first-order valence-electron chi connectivity index (χ1n) is 10.1. The summed E-state index contributed by atoms with van der Waals surface area (Å²) < 4.78 is 1.64. The largest absolute Gasteiger partial charge is 0.478 e. The molecule has 0 unspecified atom stereocenters. The van der Waals surface area contributed by atoms with Crippen LogP contribution in [-0.2, 0) is 18.6 Å². The lowest BCUT2D eigenvalue weighted by atomic mass is 9.98. The molecule has 3 N–H and O–H groups in total. The first kappa shape index (κ1) is 22.2. The third-order valence-corrected chi connectivity index (χ3v) is 5.07. The standard InChI is InChI=1S/C24H26N2O5/c1-4-7-19-25-21(24(2,3)31)20(23(29)30)26(19)14-15-10-12-16(13-11-15)17-8-5-6-9-18(17)22(27)28/h5-6,8-13,31H,4,7,14H2,1-3H3,(H,27,28)(H,29,30). The average molecular weight is 422 g/mol. The van der Waals surface area contributed by atoms with Crippen LogP contribution in [-0.4, -0.2) is 36.8 Å². The first-order valence-corrected chi connectivity index (χ1v) is 10.1. The molecule has 7 nitrogen and oxygen atoms in total. The number of benzene rings is 2. The van der Waals surface area contributed by atoms with Crippen molar-refractivity contribution in [3.63, 3.8) is 0 Å². The van der Waals surface area contributed by atoms with Crippen molar-refractivity contribution in [1.82, 2.24) is 9.55 Å². The Morgan fingerprint density at radius 3 is 2.19 bits per heavy atom. The summed E-state index contributed by atoms with van der Waals surface area (Å²) in [6, 6.07) is 14.1. The molecular formula is C24H26N2O5. The quantitative estimate of drug-likeness (QED) is 0.502. The number of aromatic nitrogens is 2. The summed E-state index contributed by atoms with van der Waals surface area (Å²) in [7, 11) is 0. The van der Waals surface area contributed by atoms with E-state index in [-0.39, 0.29) is 23.5 Å². The van der Waals surface area contributed by atoms with E-state index in [2.05, 4.69) is 4.98 Å². The summed E-state index contributed by atoms with van der Waals surface area (Å²) in [5.41, 5.74) is 1.19. The van der Waals surface area contributed by atoms with Crippen molar-refractivity contribution in [2.45, 2.75) is 45.8 Å². The summed E-state index contributed by atoms with van der Waals surface area (Å²) >= 11 is 0. The Kier molecular flexibility index (Phi) is 6.27. The third kappa shape index (κ3) is 4.67. The molecule has 0 fully saturated rings. The Hall–Kier alpha value is -3.45. The molecule has 0 aliphatic carbocycles. The van der Waals surface area contributed by atoms with Crippen LogP contribution in [0, 0.1) is 0 Å². The van der Waals surface area contributed by atoms with E-state index in [4.69, 9.17) is 0 Å². The highest BCUT2D eigenvalue weighted by Gasteiger charge is 2.31. The van der Waals surface area contributed by atoms with E-state index < -0.39 is 17.5 Å². The summed E-state index contributed by atoms with van der Waals surface area (Å²) in [6.07, 6.45) is 1.37. The molecule has 0 spiro atoms. The molecule has 3 aromatic rings. The van der Waals surface area contributed by atoms with E-state index in [9.17, 15) is 24.9 Å². The second-order valence-electron chi connectivity index (χ2n) is 7.97. The number of aromatic carboxylic acids is 2. The summed E-state index contributed by atoms with van der Waals surface area (Å²) in [6.45, 7) is 5.31. The van der Waals surface area contributed by atoms with Crippen LogP contribution >= 0.6 is 0 Å². The molecule has 3 rings (SSSR count). The zero-order valence-corrected chi connectivity index (χ0v) is 17.8.